The van der Waals surface area contributed by atoms with Gasteiger partial charge in [-0.05, 0) is 5.56 Å². The van der Waals surface area contributed by atoms with Crippen molar-refractivity contribution in [3.63, 3.8) is 0 Å². The number of aromatic nitrogens is 2. The van der Waals surface area contributed by atoms with Crippen LogP contribution in [-0.2, 0) is 11.3 Å². The molecule has 0 atom stereocenters. The molecule has 2 N–H and O–H groups in total. The zero-order valence-electron chi connectivity index (χ0n) is 11.7. The van der Waals surface area contributed by atoms with E-state index in [0.717, 1.165) is 5.56 Å². The van der Waals surface area contributed by atoms with E-state index in [9.17, 15) is 4.79 Å². The summed E-state index contributed by atoms with van der Waals surface area (Å²) in [7, 11) is 2.80. The highest BCUT2D eigenvalue weighted by Gasteiger charge is 2.19. The van der Waals surface area contributed by atoms with Gasteiger partial charge < -0.3 is 19.9 Å². The van der Waals surface area contributed by atoms with Crippen molar-refractivity contribution >= 4 is 11.8 Å². The van der Waals surface area contributed by atoms with Gasteiger partial charge in [-0.15, -0.1) is 0 Å². The lowest BCUT2D eigenvalue weighted by Crippen LogP contribution is -2.13. The normalized spacial score (nSPS) is 10.0. The molecule has 0 aliphatic heterocycles. The second-order valence-electron chi connectivity index (χ2n) is 4.04. The summed E-state index contributed by atoms with van der Waals surface area (Å²) in [4.78, 5) is 19.7. The van der Waals surface area contributed by atoms with Gasteiger partial charge in [-0.3, -0.25) is 0 Å². The molecular weight excluding hydrogens is 274 g/mol. The van der Waals surface area contributed by atoms with Crippen LogP contribution in [0.1, 0.15) is 16.2 Å². The Morgan fingerprint density at radius 1 is 1.14 bits per heavy atom. The summed E-state index contributed by atoms with van der Waals surface area (Å²) in [6, 6.07) is 9.28. The van der Waals surface area contributed by atoms with E-state index >= 15 is 0 Å². The molecule has 2 rings (SSSR count). The maximum Gasteiger partial charge on any atom is 0.376 e. The topological polar surface area (TPSA) is 96.6 Å². The maximum absolute atomic E-state index is 11.9. The van der Waals surface area contributed by atoms with Crippen molar-refractivity contribution in [3.8, 4) is 11.6 Å². The first-order valence-electron chi connectivity index (χ1n) is 6.12. The van der Waals surface area contributed by atoms with Gasteiger partial charge in [0.25, 0.3) is 5.88 Å². The minimum absolute atomic E-state index is 0.0102. The number of methoxy groups -OCH3 is 2. The Balaban J connectivity index is 2.14. The Bertz CT molecular complexity index is 632. The quantitative estimate of drug-likeness (QED) is 0.831. The summed E-state index contributed by atoms with van der Waals surface area (Å²) in [5, 5.41) is 0. The SMILES string of the molecule is COc1nc(C(=O)OCc2ccccc2)nc(N)c1OC. The number of ether oxygens (including phenoxy) is 3. The zero-order valence-corrected chi connectivity index (χ0v) is 11.7. The van der Waals surface area contributed by atoms with Gasteiger partial charge in [-0.1, -0.05) is 30.3 Å². The van der Waals surface area contributed by atoms with E-state index in [1.807, 2.05) is 30.3 Å². The molecule has 21 heavy (non-hydrogen) atoms. The number of benzene rings is 1. The van der Waals surface area contributed by atoms with Gasteiger partial charge in [0.05, 0.1) is 14.2 Å². The maximum atomic E-state index is 11.9. The average Bonchev–Trinajstić information content (AvgIpc) is 2.52. The van der Waals surface area contributed by atoms with Crippen LogP contribution in [-0.4, -0.2) is 30.2 Å². The molecule has 0 aliphatic carbocycles. The number of hydrogen-bond acceptors (Lipinski definition) is 7. The van der Waals surface area contributed by atoms with E-state index in [-0.39, 0.29) is 29.9 Å². The third-order valence-corrected chi connectivity index (χ3v) is 2.65. The van der Waals surface area contributed by atoms with Crippen LogP contribution in [0, 0.1) is 0 Å². The molecule has 7 heteroatoms. The van der Waals surface area contributed by atoms with E-state index in [0.29, 0.717) is 0 Å². The molecule has 0 saturated carbocycles. The van der Waals surface area contributed by atoms with Crippen LogP contribution in [0.4, 0.5) is 5.82 Å². The molecule has 110 valence electrons. The average molecular weight is 289 g/mol. The number of hydrogen-bond donors (Lipinski definition) is 1. The second-order valence-corrected chi connectivity index (χ2v) is 4.04. The fourth-order valence-corrected chi connectivity index (χ4v) is 1.66. The standard InChI is InChI=1S/C14H15N3O4/c1-19-10-11(15)16-12(17-13(10)20-2)14(18)21-8-9-6-4-3-5-7-9/h3-7H,8H2,1-2H3,(H2,15,16,17). The number of rotatable bonds is 5. The fourth-order valence-electron chi connectivity index (χ4n) is 1.66. The molecule has 0 amide bonds. The molecule has 0 saturated heterocycles. The monoisotopic (exact) mass is 289 g/mol. The third-order valence-electron chi connectivity index (χ3n) is 2.65. The Kier molecular flexibility index (Phi) is 4.55. The van der Waals surface area contributed by atoms with Gasteiger partial charge in [-0.25, -0.2) is 9.78 Å². The van der Waals surface area contributed by atoms with Crippen molar-refractivity contribution < 1.29 is 19.0 Å². The Morgan fingerprint density at radius 2 is 1.86 bits per heavy atom. The Morgan fingerprint density at radius 3 is 2.48 bits per heavy atom. The molecule has 0 radical (unpaired) electrons. The first kappa shape index (κ1) is 14.6. The molecule has 0 aliphatic rings. The predicted octanol–water partition coefficient (Wildman–Crippen LogP) is 1.43. The van der Waals surface area contributed by atoms with Gasteiger partial charge in [-0.2, -0.15) is 4.98 Å². The van der Waals surface area contributed by atoms with Crippen molar-refractivity contribution in [1.29, 1.82) is 0 Å². The summed E-state index contributed by atoms with van der Waals surface area (Å²) < 4.78 is 15.1. The Hall–Kier alpha value is -2.83. The smallest absolute Gasteiger partial charge is 0.376 e. The highest BCUT2D eigenvalue weighted by molar-refractivity contribution is 5.86. The van der Waals surface area contributed by atoms with Crippen LogP contribution in [0.3, 0.4) is 0 Å². The summed E-state index contributed by atoms with van der Waals surface area (Å²) >= 11 is 0. The highest BCUT2D eigenvalue weighted by atomic mass is 16.5. The molecule has 0 spiro atoms. The van der Waals surface area contributed by atoms with Gasteiger partial charge in [0.15, 0.2) is 5.82 Å². The zero-order chi connectivity index (χ0) is 15.2. The number of carbonyl (C=O) groups is 1. The second kappa shape index (κ2) is 6.56. The predicted molar refractivity (Wildman–Crippen MR) is 75.1 cm³/mol. The van der Waals surface area contributed by atoms with Crippen LogP contribution in [0.25, 0.3) is 0 Å². The number of nitrogens with two attached hydrogens (primary N) is 1. The Labute approximate surface area is 121 Å². The van der Waals surface area contributed by atoms with Crippen molar-refractivity contribution in [2.24, 2.45) is 0 Å². The van der Waals surface area contributed by atoms with Crippen LogP contribution >= 0.6 is 0 Å². The van der Waals surface area contributed by atoms with Crippen molar-refractivity contribution in [1.82, 2.24) is 9.97 Å². The molecule has 7 nitrogen and oxygen atoms in total. The van der Waals surface area contributed by atoms with Crippen molar-refractivity contribution in [2.45, 2.75) is 6.61 Å². The first-order chi connectivity index (χ1) is 10.2. The largest absolute Gasteiger partial charge is 0.489 e. The van der Waals surface area contributed by atoms with E-state index in [4.69, 9.17) is 19.9 Å². The molecule has 0 bridgehead atoms. The minimum Gasteiger partial charge on any atom is -0.489 e. The van der Waals surface area contributed by atoms with E-state index in [1.165, 1.54) is 14.2 Å². The summed E-state index contributed by atoms with van der Waals surface area (Å²) in [5.74, 6) is -0.600. The molecular formula is C14H15N3O4. The highest BCUT2D eigenvalue weighted by Crippen LogP contribution is 2.29. The lowest BCUT2D eigenvalue weighted by molar-refractivity contribution is 0.0457. The number of anilines is 1. The number of nitrogen functional groups attached to an aromatic ring is 1. The van der Waals surface area contributed by atoms with Gasteiger partial charge >= 0.3 is 5.97 Å². The fraction of sp³-hybridized carbons (Fsp3) is 0.214. The van der Waals surface area contributed by atoms with Gasteiger partial charge in [0, 0.05) is 0 Å². The third kappa shape index (κ3) is 3.38. The summed E-state index contributed by atoms with van der Waals surface area (Å²) in [6.07, 6.45) is 0. The summed E-state index contributed by atoms with van der Waals surface area (Å²) in [5.41, 5.74) is 6.55. The molecule has 0 fully saturated rings. The number of esters is 1. The molecule has 1 aromatic carbocycles. The minimum atomic E-state index is -0.688. The van der Waals surface area contributed by atoms with E-state index < -0.39 is 5.97 Å². The molecule has 0 unspecified atom stereocenters. The van der Waals surface area contributed by atoms with Crippen LogP contribution in [0.5, 0.6) is 11.6 Å². The van der Waals surface area contributed by atoms with Gasteiger partial charge in [0.2, 0.25) is 11.6 Å². The van der Waals surface area contributed by atoms with Crippen LogP contribution in [0.15, 0.2) is 30.3 Å². The lowest BCUT2D eigenvalue weighted by atomic mass is 10.2. The van der Waals surface area contributed by atoms with E-state index in [2.05, 4.69) is 9.97 Å². The first-order valence-corrected chi connectivity index (χ1v) is 6.12. The van der Waals surface area contributed by atoms with Crippen LogP contribution in [0.2, 0.25) is 0 Å². The molecule has 1 heterocycles. The molecule has 2 aromatic rings. The molecule has 1 aromatic heterocycles. The van der Waals surface area contributed by atoms with Crippen LogP contribution < -0.4 is 15.2 Å². The number of carbonyl (C=O) groups excluding carboxylic acids is 1. The van der Waals surface area contributed by atoms with Gasteiger partial charge in [0.1, 0.15) is 6.61 Å². The number of nitrogens with zero attached hydrogens (tertiary/aromatic N) is 2. The van der Waals surface area contributed by atoms with Crippen molar-refractivity contribution in [2.75, 3.05) is 20.0 Å². The lowest BCUT2D eigenvalue weighted by Gasteiger charge is -2.10. The van der Waals surface area contributed by atoms with Crippen molar-refractivity contribution in [3.05, 3.63) is 41.7 Å². The summed E-state index contributed by atoms with van der Waals surface area (Å²) in [6.45, 7) is 0.122. The van der Waals surface area contributed by atoms with E-state index in [1.54, 1.807) is 0 Å².